The maximum atomic E-state index is 11.7. The predicted molar refractivity (Wildman–Crippen MR) is 59.6 cm³/mol. The summed E-state index contributed by atoms with van der Waals surface area (Å²) in [7, 11) is 0. The Bertz CT molecular complexity index is 413. The number of rotatable bonds is 2. The Morgan fingerprint density at radius 2 is 2.17 bits per heavy atom. The van der Waals surface area contributed by atoms with E-state index in [1.54, 1.807) is 13.8 Å². The van der Waals surface area contributed by atoms with Gasteiger partial charge in [0.15, 0.2) is 17.7 Å². The molecular weight excluding hydrogens is 240 g/mol. The lowest BCUT2D eigenvalue weighted by atomic mass is 9.86. The Morgan fingerprint density at radius 3 is 2.78 bits per heavy atom. The summed E-state index contributed by atoms with van der Waals surface area (Å²) in [4.78, 5) is 22.5. The number of aliphatic hydroxyl groups is 1. The number of hydrogen-bond acceptors (Lipinski definition) is 6. The van der Waals surface area contributed by atoms with Crippen molar-refractivity contribution in [2.75, 3.05) is 6.61 Å². The molecule has 2 unspecified atom stereocenters. The molecule has 18 heavy (non-hydrogen) atoms. The van der Waals surface area contributed by atoms with Gasteiger partial charge in [0.25, 0.3) is 0 Å². The number of esters is 1. The van der Waals surface area contributed by atoms with E-state index in [9.17, 15) is 14.7 Å². The third kappa shape index (κ3) is 2.31. The van der Waals surface area contributed by atoms with Crippen LogP contribution in [0.3, 0.4) is 0 Å². The van der Waals surface area contributed by atoms with Gasteiger partial charge in [0, 0.05) is 6.92 Å². The zero-order valence-corrected chi connectivity index (χ0v) is 10.5. The van der Waals surface area contributed by atoms with Crippen molar-refractivity contribution in [3.8, 4) is 0 Å². The van der Waals surface area contributed by atoms with Crippen LogP contribution < -0.4 is 0 Å². The smallest absolute Gasteiger partial charge is 0.302 e. The van der Waals surface area contributed by atoms with Crippen molar-refractivity contribution < 1.29 is 28.9 Å². The largest absolute Gasteiger partial charge is 0.462 e. The normalized spacial score (nSPS) is 37.4. The van der Waals surface area contributed by atoms with E-state index in [1.807, 2.05) is 0 Å². The molecule has 6 nitrogen and oxygen atoms in total. The second-order valence-corrected chi connectivity index (χ2v) is 4.98. The van der Waals surface area contributed by atoms with E-state index in [2.05, 4.69) is 0 Å². The number of ether oxygens (including phenoxy) is 3. The Balaban J connectivity index is 2.23. The summed E-state index contributed by atoms with van der Waals surface area (Å²) >= 11 is 0. The molecule has 1 N–H and O–H groups in total. The number of hydrogen-bond donors (Lipinski definition) is 1. The van der Waals surface area contributed by atoms with Crippen molar-refractivity contribution in [2.24, 2.45) is 0 Å². The first kappa shape index (κ1) is 13.2. The Hall–Kier alpha value is -1.24. The Labute approximate surface area is 105 Å². The highest BCUT2D eigenvalue weighted by molar-refractivity contribution is 5.95. The highest BCUT2D eigenvalue weighted by Crippen LogP contribution is 2.37. The lowest BCUT2D eigenvalue weighted by Gasteiger charge is -2.34. The zero-order valence-electron chi connectivity index (χ0n) is 10.5. The van der Waals surface area contributed by atoms with Crippen molar-refractivity contribution in [3.05, 3.63) is 12.2 Å². The van der Waals surface area contributed by atoms with Crippen LogP contribution in [0.5, 0.6) is 0 Å². The fourth-order valence-corrected chi connectivity index (χ4v) is 2.10. The van der Waals surface area contributed by atoms with Gasteiger partial charge in [-0.15, -0.1) is 0 Å². The first-order valence-corrected chi connectivity index (χ1v) is 5.68. The van der Waals surface area contributed by atoms with Crippen LogP contribution in [-0.4, -0.2) is 47.1 Å². The third-order valence-corrected chi connectivity index (χ3v) is 2.91. The molecule has 0 amide bonds. The summed E-state index contributed by atoms with van der Waals surface area (Å²) < 4.78 is 15.8. The molecule has 1 saturated heterocycles. The molecule has 0 spiro atoms. The Kier molecular flexibility index (Phi) is 3.04. The molecule has 1 aliphatic carbocycles. The van der Waals surface area contributed by atoms with Gasteiger partial charge in [0.2, 0.25) is 0 Å². The van der Waals surface area contributed by atoms with Crippen molar-refractivity contribution in [3.63, 3.8) is 0 Å². The fourth-order valence-electron chi connectivity index (χ4n) is 2.10. The van der Waals surface area contributed by atoms with E-state index in [1.165, 1.54) is 19.1 Å². The zero-order chi connectivity index (χ0) is 13.6. The molecule has 0 bridgehead atoms. The highest BCUT2D eigenvalue weighted by atomic mass is 16.8. The lowest BCUT2D eigenvalue weighted by molar-refractivity contribution is -0.174. The van der Waals surface area contributed by atoms with Crippen molar-refractivity contribution in [1.82, 2.24) is 0 Å². The maximum Gasteiger partial charge on any atom is 0.302 e. The first-order valence-electron chi connectivity index (χ1n) is 5.68. The number of carbonyl (C=O) groups excluding carboxylic acids is 2. The van der Waals surface area contributed by atoms with Crippen molar-refractivity contribution >= 4 is 11.8 Å². The monoisotopic (exact) mass is 256 g/mol. The van der Waals surface area contributed by atoms with Gasteiger partial charge >= 0.3 is 5.97 Å². The molecule has 3 atom stereocenters. The van der Waals surface area contributed by atoms with Gasteiger partial charge in [-0.05, 0) is 26.0 Å². The van der Waals surface area contributed by atoms with E-state index in [4.69, 9.17) is 14.2 Å². The van der Waals surface area contributed by atoms with Gasteiger partial charge in [0.05, 0.1) is 0 Å². The summed E-state index contributed by atoms with van der Waals surface area (Å²) in [6, 6.07) is 0. The molecule has 1 aliphatic heterocycles. The Morgan fingerprint density at radius 1 is 1.50 bits per heavy atom. The van der Waals surface area contributed by atoms with Gasteiger partial charge in [-0.1, -0.05) is 0 Å². The van der Waals surface area contributed by atoms with Crippen LogP contribution in [0.2, 0.25) is 0 Å². The second kappa shape index (κ2) is 4.15. The highest BCUT2D eigenvalue weighted by Gasteiger charge is 2.56. The maximum absolute atomic E-state index is 11.7. The SMILES string of the molecule is CC(=O)OCC1(O)C=CC(=O)[C@@H]2OC(C)(C)OC21. The minimum absolute atomic E-state index is 0.266. The molecule has 0 aromatic carbocycles. The van der Waals surface area contributed by atoms with Crippen LogP contribution in [0.1, 0.15) is 20.8 Å². The van der Waals surface area contributed by atoms with Gasteiger partial charge in [-0.2, -0.15) is 0 Å². The second-order valence-electron chi connectivity index (χ2n) is 4.98. The summed E-state index contributed by atoms with van der Waals surface area (Å²) in [6.07, 6.45) is 0.787. The van der Waals surface area contributed by atoms with Crippen LogP contribution in [-0.2, 0) is 23.8 Å². The molecular formula is C12H16O6. The van der Waals surface area contributed by atoms with Gasteiger partial charge in [-0.25, -0.2) is 0 Å². The summed E-state index contributed by atoms with van der Waals surface area (Å²) in [5.74, 6) is -1.73. The first-order chi connectivity index (χ1) is 8.23. The molecule has 2 aliphatic rings. The molecule has 2 rings (SSSR count). The van der Waals surface area contributed by atoms with Gasteiger partial charge in [0.1, 0.15) is 18.3 Å². The van der Waals surface area contributed by atoms with Crippen LogP contribution in [0.25, 0.3) is 0 Å². The quantitative estimate of drug-likeness (QED) is 0.697. The van der Waals surface area contributed by atoms with E-state index in [0.29, 0.717) is 0 Å². The van der Waals surface area contributed by atoms with Crippen LogP contribution in [0.15, 0.2) is 12.2 Å². The summed E-state index contributed by atoms with van der Waals surface area (Å²) in [5.41, 5.74) is -1.54. The number of fused-ring (bicyclic) bond motifs is 1. The van der Waals surface area contributed by atoms with Crippen molar-refractivity contribution in [2.45, 2.75) is 44.4 Å². The average Bonchev–Trinajstić information content (AvgIpc) is 2.59. The van der Waals surface area contributed by atoms with Crippen LogP contribution >= 0.6 is 0 Å². The molecule has 0 aromatic heterocycles. The molecule has 0 aromatic rings. The third-order valence-electron chi connectivity index (χ3n) is 2.91. The van der Waals surface area contributed by atoms with Crippen molar-refractivity contribution in [1.29, 1.82) is 0 Å². The molecule has 0 saturated carbocycles. The van der Waals surface area contributed by atoms with E-state index in [0.717, 1.165) is 0 Å². The van der Waals surface area contributed by atoms with E-state index >= 15 is 0 Å². The summed E-state index contributed by atoms with van der Waals surface area (Å²) in [5, 5.41) is 10.4. The van der Waals surface area contributed by atoms with Crippen LogP contribution in [0, 0.1) is 0 Å². The minimum Gasteiger partial charge on any atom is -0.462 e. The number of carbonyl (C=O) groups is 2. The van der Waals surface area contributed by atoms with E-state index in [-0.39, 0.29) is 12.4 Å². The minimum atomic E-state index is -1.54. The van der Waals surface area contributed by atoms with Gasteiger partial charge < -0.3 is 19.3 Å². The van der Waals surface area contributed by atoms with Gasteiger partial charge in [-0.3, -0.25) is 9.59 Å². The molecule has 0 radical (unpaired) electrons. The lowest BCUT2D eigenvalue weighted by Crippen LogP contribution is -2.54. The number of ketones is 1. The molecule has 1 fully saturated rings. The fraction of sp³-hybridized carbons (Fsp3) is 0.667. The average molecular weight is 256 g/mol. The van der Waals surface area contributed by atoms with E-state index < -0.39 is 29.6 Å². The molecule has 100 valence electrons. The summed E-state index contributed by atoms with van der Waals surface area (Å²) in [6.45, 7) is 4.29. The topological polar surface area (TPSA) is 82.1 Å². The molecule has 1 heterocycles. The predicted octanol–water partition coefficient (Wildman–Crippen LogP) is -0.0604. The molecule has 6 heteroatoms. The van der Waals surface area contributed by atoms with Crippen LogP contribution in [0.4, 0.5) is 0 Å². The standard InChI is InChI=1S/C12H16O6/c1-7(13)16-6-12(15)5-4-8(14)9-10(12)18-11(2,3)17-9/h4-5,9-10,15H,6H2,1-3H3/t9-,10?,12?/m0/s1.